The van der Waals surface area contributed by atoms with Crippen LogP contribution in [0.1, 0.15) is 0 Å². The Kier molecular flexibility index (Phi) is 4.66. The standard InChI is InChI=1S/C9H17ClN2/c1-2-4-11-6-8-12(5-3-10)9-7-11/h2H,1,3-9H2/p+2. The minimum Gasteiger partial charge on any atom is -0.325 e. The Morgan fingerprint density at radius 1 is 1.17 bits per heavy atom. The molecule has 1 aliphatic heterocycles. The molecule has 0 spiro atoms. The van der Waals surface area contributed by atoms with Crippen molar-refractivity contribution in [3.8, 4) is 0 Å². The molecule has 1 saturated heterocycles. The summed E-state index contributed by atoms with van der Waals surface area (Å²) in [6, 6.07) is 0. The molecule has 0 aromatic rings. The van der Waals surface area contributed by atoms with Gasteiger partial charge in [0.1, 0.15) is 26.2 Å². The van der Waals surface area contributed by atoms with Gasteiger partial charge in [0.25, 0.3) is 0 Å². The fourth-order valence-electron chi connectivity index (χ4n) is 1.75. The first-order valence-corrected chi connectivity index (χ1v) is 5.24. The summed E-state index contributed by atoms with van der Waals surface area (Å²) in [5.41, 5.74) is 0. The van der Waals surface area contributed by atoms with Gasteiger partial charge < -0.3 is 9.80 Å². The van der Waals surface area contributed by atoms with Gasteiger partial charge in [-0.3, -0.25) is 0 Å². The monoisotopic (exact) mass is 190 g/mol. The summed E-state index contributed by atoms with van der Waals surface area (Å²) in [5, 5.41) is 0. The number of alkyl halides is 1. The molecule has 1 heterocycles. The zero-order chi connectivity index (χ0) is 8.81. The van der Waals surface area contributed by atoms with E-state index >= 15 is 0 Å². The third-order valence-corrected chi connectivity index (χ3v) is 2.73. The van der Waals surface area contributed by atoms with E-state index < -0.39 is 0 Å². The van der Waals surface area contributed by atoms with E-state index in [1.165, 1.54) is 26.2 Å². The molecule has 0 amide bonds. The Balaban J connectivity index is 2.15. The van der Waals surface area contributed by atoms with Gasteiger partial charge >= 0.3 is 0 Å². The first-order valence-electron chi connectivity index (χ1n) is 4.71. The SMILES string of the molecule is C=CC[NH+]1CC[NH+](CCCl)CC1. The molecule has 2 N–H and O–H groups in total. The van der Waals surface area contributed by atoms with Gasteiger partial charge in [0.2, 0.25) is 0 Å². The lowest BCUT2D eigenvalue weighted by molar-refractivity contribution is -1.01. The van der Waals surface area contributed by atoms with E-state index in [1.807, 2.05) is 6.08 Å². The first-order chi connectivity index (χ1) is 5.86. The lowest BCUT2D eigenvalue weighted by atomic mass is 10.3. The van der Waals surface area contributed by atoms with Crippen LogP contribution in [0.15, 0.2) is 12.7 Å². The Labute approximate surface area is 79.8 Å². The quantitative estimate of drug-likeness (QED) is 0.382. The first kappa shape index (κ1) is 10.0. The topological polar surface area (TPSA) is 8.88 Å². The van der Waals surface area contributed by atoms with Crippen molar-refractivity contribution in [3.05, 3.63) is 12.7 Å². The Morgan fingerprint density at radius 2 is 1.75 bits per heavy atom. The highest BCUT2D eigenvalue weighted by molar-refractivity contribution is 6.17. The third-order valence-electron chi connectivity index (χ3n) is 2.55. The number of hydrogen-bond donors (Lipinski definition) is 2. The average molecular weight is 191 g/mol. The summed E-state index contributed by atoms with van der Waals surface area (Å²) in [7, 11) is 0. The second kappa shape index (κ2) is 5.57. The molecule has 70 valence electrons. The number of piperazine rings is 1. The molecule has 1 aliphatic rings. The molecule has 0 saturated carbocycles. The minimum atomic E-state index is 0.798. The van der Waals surface area contributed by atoms with Crippen molar-refractivity contribution < 1.29 is 9.80 Å². The summed E-state index contributed by atoms with van der Waals surface area (Å²) < 4.78 is 0. The molecule has 0 atom stereocenters. The van der Waals surface area contributed by atoms with Crippen molar-refractivity contribution in [2.24, 2.45) is 0 Å². The largest absolute Gasteiger partial charge is 0.325 e. The summed E-state index contributed by atoms with van der Waals surface area (Å²) in [6.07, 6.45) is 2.02. The van der Waals surface area contributed by atoms with Crippen molar-refractivity contribution in [1.82, 2.24) is 0 Å². The van der Waals surface area contributed by atoms with E-state index in [1.54, 1.807) is 9.80 Å². The highest BCUT2D eigenvalue weighted by atomic mass is 35.5. The minimum absolute atomic E-state index is 0.798. The Morgan fingerprint density at radius 3 is 2.25 bits per heavy atom. The molecule has 1 rings (SSSR count). The molecule has 0 unspecified atom stereocenters. The van der Waals surface area contributed by atoms with Gasteiger partial charge in [-0.2, -0.15) is 0 Å². The highest BCUT2D eigenvalue weighted by Crippen LogP contribution is 1.67. The van der Waals surface area contributed by atoms with Crippen LogP contribution in [0, 0.1) is 0 Å². The van der Waals surface area contributed by atoms with Crippen molar-refractivity contribution in [3.63, 3.8) is 0 Å². The zero-order valence-electron chi connectivity index (χ0n) is 7.61. The van der Waals surface area contributed by atoms with Crippen molar-refractivity contribution in [2.45, 2.75) is 0 Å². The predicted molar refractivity (Wildman–Crippen MR) is 52.0 cm³/mol. The Hall–Kier alpha value is -0.0500. The summed E-state index contributed by atoms with van der Waals surface area (Å²) in [4.78, 5) is 3.33. The molecule has 12 heavy (non-hydrogen) atoms. The van der Waals surface area contributed by atoms with Crippen LogP contribution in [0.25, 0.3) is 0 Å². The van der Waals surface area contributed by atoms with Crippen LogP contribution in [0.3, 0.4) is 0 Å². The van der Waals surface area contributed by atoms with Gasteiger partial charge in [0.05, 0.1) is 19.0 Å². The molecule has 2 nitrogen and oxygen atoms in total. The summed E-state index contributed by atoms with van der Waals surface area (Å²) in [5.74, 6) is 0.798. The summed E-state index contributed by atoms with van der Waals surface area (Å²) >= 11 is 5.69. The molecule has 1 fully saturated rings. The molecular weight excluding hydrogens is 172 g/mol. The van der Waals surface area contributed by atoms with Gasteiger partial charge in [0.15, 0.2) is 0 Å². The van der Waals surface area contributed by atoms with E-state index in [2.05, 4.69) is 6.58 Å². The van der Waals surface area contributed by atoms with Gasteiger partial charge in [-0.15, -0.1) is 11.6 Å². The van der Waals surface area contributed by atoms with E-state index in [9.17, 15) is 0 Å². The van der Waals surface area contributed by atoms with Crippen molar-refractivity contribution >= 4 is 11.6 Å². The van der Waals surface area contributed by atoms with Crippen LogP contribution >= 0.6 is 11.6 Å². The van der Waals surface area contributed by atoms with Crippen LogP contribution in [0.2, 0.25) is 0 Å². The Bertz CT molecular complexity index is 130. The molecule has 0 aromatic heterocycles. The van der Waals surface area contributed by atoms with Gasteiger partial charge in [0, 0.05) is 0 Å². The number of rotatable bonds is 4. The van der Waals surface area contributed by atoms with Gasteiger partial charge in [-0.1, -0.05) is 6.58 Å². The van der Waals surface area contributed by atoms with E-state index in [-0.39, 0.29) is 0 Å². The maximum Gasteiger partial charge on any atom is 0.127 e. The van der Waals surface area contributed by atoms with Crippen molar-refractivity contribution in [2.75, 3.05) is 45.1 Å². The molecule has 0 aromatic carbocycles. The lowest BCUT2D eigenvalue weighted by Gasteiger charge is -2.28. The average Bonchev–Trinajstić information content (AvgIpc) is 2.09. The molecule has 0 aliphatic carbocycles. The number of quaternary nitrogens is 2. The van der Waals surface area contributed by atoms with Crippen molar-refractivity contribution in [1.29, 1.82) is 0 Å². The summed E-state index contributed by atoms with van der Waals surface area (Å²) in [6.45, 7) is 11.1. The molecule has 0 radical (unpaired) electrons. The maximum atomic E-state index is 5.69. The van der Waals surface area contributed by atoms with E-state index in [4.69, 9.17) is 11.6 Å². The predicted octanol–water partition coefficient (Wildman–Crippen LogP) is -1.81. The second-order valence-electron chi connectivity index (χ2n) is 3.43. The maximum absolute atomic E-state index is 5.69. The highest BCUT2D eigenvalue weighted by Gasteiger charge is 2.20. The second-order valence-corrected chi connectivity index (χ2v) is 3.81. The zero-order valence-corrected chi connectivity index (χ0v) is 8.37. The van der Waals surface area contributed by atoms with Gasteiger partial charge in [-0.25, -0.2) is 0 Å². The van der Waals surface area contributed by atoms with Crippen LogP contribution in [0.5, 0.6) is 0 Å². The molecule has 3 heteroatoms. The normalized spacial score (nSPS) is 30.1. The molecule has 0 bridgehead atoms. The van der Waals surface area contributed by atoms with Crippen LogP contribution in [-0.4, -0.2) is 45.1 Å². The number of nitrogens with one attached hydrogen (secondary N) is 2. The van der Waals surface area contributed by atoms with Gasteiger partial charge in [-0.05, 0) is 6.08 Å². The van der Waals surface area contributed by atoms with Crippen LogP contribution in [0.4, 0.5) is 0 Å². The number of halogens is 1. The van der Waals surface area contributed by atoms with E-state index in [0.29, 0.717) is 0 Å². The fraction of sp³-hybridized carbons (Fsp3) is 0.778. The lowest BCUT2D eigenvalue weighted by Crippen LogP contribution is -3.28. The molecular formula is C9H19ClN2+2. The third kappa shape index (κ3) is 3.13. The smallest absolute Gasteiger partial charge is 0.127 e. The van der Waals surface area contributed by atoms with Crippen LogP contribution < -0.4 is 9.80 Å². The number of hydrogen-bond acceptors (Lipinski definition) is 0. The van der Waals surface area contributed by atoms with E-state index in [0.717, 1.165) is 19.0 Å². The fourth-order valence-corrected chi connectivity index (χ4v) is 2.02. The van der Waals surface area contributed by atoms with Crippen LogP contribution in [-0.2, 0) is 0 Å².